The lowest BCUT2D eigenvalue weighted by Gasteiger charge is -2.29. The van der Waals surface area contributed by atoms with Gasteiger partial charge in [-0.3, -0.25) is 9.48 Å². The molecule has 0 N–H and O–H groups in total. The molecule has 3 heterocycles. The van der Waals surface area contributed by atoms with Crippen LogP contribution in [0.1, 0.15) is 68.1 Å². The summed E-state index contributed by atoms with van der Waals surface area (Å²) in [4.78, 5) is 15.3. The Balaban J connectivity index is 1.52. The molecule has 0 spiro atoms. The van der Waals surface area contributed by atoms with Crippen molar-refractivity contribution in [1.82, 2.24) is 14.7 Å². The summed E-state index contributed by atoms with van der Waals surface area (Å²) in [6.45, 7) is 2.95. The second-order valence-electron chi connectivity index (χ2n) is 7.45. The summed E-state index contributed by atoms with van der Waals surface area (Å²) in [5.74, 6) is 2.73. The lowest BCUT2D eigenvalue weighted by Crippen LogP contribution is -2.36. The molecule has 5 nitrogen and oxygen atoms in total. The fourth-order valence-electron chi connectivity index (χ4n) is 4.11. The zero-order valence-corrected chi connectivity index (χ0v) is 15.1. The molecule has 134 valence electrons. The number of carbonyl (C=O) groups is 1. The van der Waals surface area contributed by atoms with Crippen molar-refractivity contribution in [2.45, 2.75) is 57.4 Å². The molecular formula is C20H27N3O2. The van der Waals surface area contributed by atoms with Gasteiger partial charge in [-0.25, -0.2) is 0 Å². The van der Waals surface area contributed by atoms with Crippen LogP contribution in [0.25, 0.3) is 0 Å². The average molecular weight is 341 g/mol. The van der Waals surface area contributed by atoms with Crippen LogP contribution in [0, 0.1) is 5.92 Å². The summed E-state index contributed by atoms with van der Waals surface area (Å²) in [5.41, 5.74) is 1.19. The lowest BCUT2D eigenvalue weighted by atomic mass is 10.1. The molecule has 2 aromatic rings. The van der Waals surface area contributed by atoms with Crippen molar-refractivity contribution in [3.63, 3.8) is 0 Å². The van der Waals surface area contributed by atoms with E-state index in [9.17, 15) is 4.79 Å². The number of likely N-dealkylation sites (tertiary alicyclic amines) is 1. The van der Waals surface area contributed by atoms with Crippen molar-refractivity contribution >= 4 is 5.91 Å². The first-order chi connectivity index (χ1) is 12.2. The molecule has 1 saturated heterocycles. The van der Waals surface area contributed by atoms with Gasteiger partial charge in [-0.2, -0.15) is 5.10 Å². The molecule has 0 unspecified atom stereocenters. The van der Waals surface area contributed by atoms with E-state index < -0.39 is 0 Å². The molecule has 2 fully saturated rings. The van der Waals surface area contributed by atoms with E-state index in [2.05, 4.69) is 29.1 Å². The van der Waals surface area contributed by atoms with Crippen molar-refractivity contribution < 1.29 is 9.21 Å². The highest BCUT2D eigenvalue weighted by molar-refractivity contribution is 5.83. The molecule has 4 rings (SSSR count). The first kappa shape index (κ1) is 16.4. The molecule has 25 heavy (non-hydrogen) atoms. The molecule has 0 aromatic carbocycles. The highest BCUT2D eigenvalue weighted by Gasteiger charge is 2.47. The maximum Gasteiger partial charge on any atom is 0.226 e. The fraction of sp³-hybridized carbons (Fsp3) is 0.600. The van der Waals surface area contributed by atoms with Crippen LogP contribution in [0.3, 0.4) is 0 Å². The normalized spacial score (nSPS) is 26.5. The van der Waals surface area contributed by atoms with Crippen LogP contribution in [0.4, 0.5) is 0 Å². The maximum absolute atomic E-state index is 13.2. The van der Waals surface area contributed by atoms with E-state index in [0.29, 0.717) is 11.8 Å². The molecule has 2 aliphatic rings. The molecule has 1 amide bonds. The van der Waals surface area contributed by atoms with Crippen molar-refractivity contribution in [3.05, 3.63) is 41.6 Å². The third kappa shape index (κ3) is 3.24. The third-order valence-electron chi connectivity index (χ3n) is 5.66. The van der Waals surface area contributed by atoms with Gasteiger partial charge in [0.25, 0.3) is 0 Å². The number of furan rings is 1. The predicted molar refractivity (Wildman–Crippen MR) is 95.1 cm³/mol. The average Bonchev–Trinajstić information content (AvgIpc) is 3.18. The number of aryl methyl sites for hydroxylation is 2. The Hall–Kier alpha value is -2.04. The SMILES string of the molecule is CCc1ccc([C@@H]2CCCCCN2C(=O)[C@@H]2C[C@H]2c2cnn(C)c2)o1. The molecule has 0 radical (unpaired) electrons. The van der Waals surface area contributed by atoms with E-state index >= 15 is 0 Å². The van der Waals surface area contributed by atoms with Crippen molar-refractivity contribution in [3.8, 4) is 0 Å². The summed E-state index contributed by atoms with van der Waals surface area (Å²) in [6, 6.07) is 4.23. The van der Waals surface area contributed by atoms with E-state index in [0.717, 1.165) is 50.2 Å². The fourth-order valence-corrected chi connectivity index (χ4v) is 4.11. The quantitative estimate of drug-likeness (QED) is 0.849. The Labute approximate surface area is 149 Å². The third-order valence-corrected chi connectivity index (χ3v) is 5.66. The van der Waals surface area contributed by atoms with Gasteiger partial charge in [0, 0.05) is 32.1 Å². The first-order valence-electron chi connectivity index (χ1n) is 9.55. The van der Waals surface area contributed by atoms with Crippen molar-refractivity contribution in [2.24, 2.45) is 13.0 Å². The van der Waals surface area contributed by atoms with Gasteiger partial charge in [0.1, 0.15) is 11.5 Å². The number of rotatable bonds is 4. The molecule has 1 saturated carbocycles. The highest BCUT2D eigenvalue weighted by Crippen LogP contribution is 2.49. The first-order valence-corrected chi connectivity index (χ1v) is 9.55. The molecule has 1 aliphatic carbocycles. The van der Waals surface area contributed by atoms with Gasteiger partial charge in [0.05, 0.1) is 12.2 Å². The lowest BCUT2D eigenvalue weighted by molar-refractivity contribution is -0.135. The van der Waals surface area contributed by atoms with Crippen LogP contribution >= 0.6 is 0 Å². The van der Waals surface area contributed by atoms with Crippen LogP contribution in [-0.4, -0.2) is 27.1 Å². The Morgan fingerprint density at radius 1 is 1.32 bits per heavy atom. The molecule has 2 aromatic heterocycles. The number of aromatic nitrogens is 2. The second kappa shape index (κ2) is 6.70. The zero-order chi connectivity index (χ0) is 17.4. The number of carbonyl (C=O) groups excluding carboxylic acids is 1. The highest BCUT2D eigenvalue weighted by atomic mass is 16.3. The van der Waals surface area contributed by atoms with Gasteiger partial charge in [-0.1, -0.05) is 19.8 Å². The number of amides is 1. The smallest absolute Gasteiger partial charge is 0.226 e. The summed E-state index contributed by atoms with van der Waals surface area (Å²) in [7, 11) is 1.93. The number of hydrogen-bond donors (Lipinski definition) is 0. The molecule has 3 atom stereocenters. The minimum absolute atomic E-state index is 0.102. The number of nitrogens with zero attached hydrogens (tertiary/aromatic N) is 3. The molecule has 5 heteroatoms. The van der Waals surface area contributed by atoms with Crippen molar-refractivity contribution in [2.75, 3.05) is 6.54 Å². The predicted octanol–water partition coefficient (Wildman–Crippen LogP) is 3.82. The molecular weight excluding hydrogens is 314 g/mol. The van der Waals surface area contributed by atoms with Gasteiger partial charge < -0.3 is 9.32 Å². The standard InChI is InChI=1S/C20H27N3O2/c1-3-15-8-9-19(25-15)18-7-5-4-6-10-23(18)20(24)17-11-16(17)14-12-21-22(2)13-14/h8-9,12-13,16-18H,3-7,10-11H2,1-2H3/t16-,17+,18-/m0/s1. The van der Waals surface area contributed by atoms with Crippen LogP contribution in [0.5, 0.6) is 0 Å². The molecule has 0 bridgehead atoms. The Morgan fingerprint density at radius 3 is 2.92 bits per heavy atom. The monoisotopic (exact) mass is 341 g/mol. The Morgan fingerprint density at radius 2 is 2.20 bits per heavy atom. The van der Waals surface area contributed by atoms with Gasteiger partial charge >= 0.3 is 0 Å². The maximum atomic E-state index is 13.2. The van der Waals surface area contributed by atoms with Crippen molar-refractivity contribution in [1.29, 1.82) is 0 Å². The Bertz CT molecular complexity index is 748. The van der Waals surface area contributed by atoms with Crippen LogP contribution in [0.15, 0.2) is 28.9 Å². The minimum atomic E-state index is 0.102. The van der Waals surface area contributed by atoms with E-state index in [4.69, 9.17) is 4.42 Å². The number of hydrogen-bond acceptors (Lipinski definition) is 3. The Kier molecular flexibility index (Phi) is 4.40. The van der Waals surface area contributed by atoms with Gasteiger partial charge in [-0.05, 0) is 42.9 Å². The largest absolute Gasteiger partial charge is 0.464 e. The molecule has 1 aliphatic heterocycles. The second-order valence-corrected chi connectivity index (χ2v) is 7.45. The summed E-state index contributed by atoms with van der Waals surface area (Å²) < 4.78 is 7.83. The summed E-state index contributed by atoms with van der Waals surface area (Å²) >= 11 is 0. The van der Waals surface area contributed by atoms with E-state index in [1.165, 1.54) is 12.0 Å². The van der Waals surface area contributed by atoms with Crippen LogP contribution in [-0.2, 0) is 18.3 Å². The summed E-state index contributed by atoms with van der Waals surface area (Å²) in [5, 5.41) is 4.25. The van der Waals surface area contributed by atoms with Crippen LogP contribution < -0.4 is 0 Å². The van der Waals surface area contributed by atoms with E-state index in [1.807, 2.05) is 24.1 Å². The van der Waals surface area contributed by atoms with Crippen LogP contribution in [0.2, 0.25) is 0 Å². The van der Waals surface area contributed by atoms with E-state index in [-0.39, 0.29) is 12.0 Å². The van der Waals surface area contributed by atoms with Gasteiger partial charge in [-0.15, -0.1) is 0 Å². The van der Waals surface area contributed by atoms with Gasteiger partial charge in [0.15, 0.2) is 0 Å². The summed E-state index contributed by atoms with van der Waals surface area (Å²) in [6.07, 6.45) is 10.2. The topological polar surface area (TPSA) is 51.3 Å². The minimum Gasteiger partial charge on any atom is -0.464 e. The van der Waals surface area contributed by atoms with E-state index in [1.54, 1.807) is 0 Å². The van der Waals surface area contributed by atoms with Gasteiger partial charge in [0.2, 0.25) is 5.91 Å². The zero-order valence-electron chi connectivity index (χ0n) is 15.1.